The molecule has 1 aromatic carbocycles. The van der Waals surface area contributed by atoms with Crippen molar-refractivity contribution in [2.45, 2.75) is 6.92 Å². The highest BCUT2D eigenvalue weighted by Gasteiger charge is 2.05. The number of hydrogen-bond acceptors (Lipinski definition) is 2. The van der Waals surface area contributed by atoms with Crippen LogP contribution in [0.1, 0.15) is 17.3 Å². The number of carbonyl (C=O) groups excluding carboxylic acids is 1. The molecule has 0 aromatic heterocycles. The maximum Gasteiger partial charge on any atom is 0.185 e. The third-order valence-corrected chi connectivity index (χ3v) is 1.71. The van der Waals surface area contributed by atoms with Gasteiger partial charge in [0.05, 0.1) is 7.11 Å². The molecule has 0 saturated heterocycles. The van der Waals surface area contributed by atoms with Crippen molar-refractivity contribution >= 4 is 5.78 Å². The second-order valence-electron chi connectivity index (χ2n) is 2.74. The van der Waals surface area contributed by atoms with Crippen molar-refractivity contribution < 1.29 is 13.9 Å². The molecule has 74 valence electrons. The quantitative estimate of drug-likeness (QED) is 0.546. The molecule has 0 N–H and O–H groups in total. The van der Waals surface area contributed by atoms with Gasteiger partial charge in [0, 0.05) is 11.6 Å². The second kappa shape index (κ2) is 4.56. The van der Waals surface area contributed by atoms with Crippen molar-refractivity contribution in [2.24, 2.45) is 0 Å². The molecule has 0 atom stereocenters. The number of methoxy groups -OCH3 is 1. The molecule has 0 fully saturated rings. The average Bonchev–Trinajstić information content (AvgIpc) is 2.17. The van der Waals surface area contributed by atoms with E-state index in [0.717, 1.165) is 0 Å². The van der Waals surface area contributed by atoms with Crippen LogP contribution in [0.3, 0.4) is 0 Å². The van der Waals surface area contributed by atoms with Gasteiger partial charge in [-0.05, 0) is 25.1 Å². The Hall–Kier alpha value is -1.64. The fraction of sp³-hybridized carbons (Fsp3) is 0.182. The minimum atomic E-state index is -0.475. The van der Waals surface area contributed by atoms with Crippen molar-refractivity contribution in [1.82, 2.24) is 0 Å². The molecule has 0 amide bonds. The Labute approximate surface area is 82.0 Å². The Balaban J connectivity index is 3.08. The summed E-state index contributed by atoms with van der Waals surface area (Å²) < 4.78 is 17.8. The van der Waals surface area contributed by atoms with Gasteiger partial charge in [0.25, 0.3) is 0 Å². The van der Waals surface area contributed by atoms with Gasteiger partial charge in [-0.25, -0.2) is 4.39 Å². The molecule has 2 nitrogen and oxygen atoms in total. The van der Waals surface area contributed by atoms with E-state index < -0.39 is 5.82 Å². The van der Waals surface area contributed by atoms with Crippen LogP contribution < -0.4 is 4.74 Å². The highest BCUT2D eigenvalue weighted by atomic mass is 19.1. The summed E-state index contributed by atoms with van der Waals surface area (Å²) in [5, 5.41) is 0. The zero-order valence-electron chi connectivity index (χ0n) is 8.08. The molecular formula is C11H11FO2. The molecule has 1 rings (SSSR count). The molecule has 0 saturated carbocycles. The summed E-state index contributed by atoms with van der Waals surface area (Å²) in [4.78, 5) is 11.4. The van der Waals surface area contributed by atoms with Gasteiger partial charge < -0.3 is 4.74 Å². The number of carbonyl (C=O) groups is 1. The monoisotopic (exact) mass is 194 g/mol. The van der Waals surface area contributed by atoms with Crippen molar-refractivity contribution in [3.05, 3.63) is 41.7 Å². The lowest BCUT2D eigenvalue weighted by atomic mass is 10.1. The first-order valence-corrected chi connectivity index (χ1v) is 4.19. The zero-order valence-corrected chi connectivity index (χ0v) is 8.08. The van der Waals surface area contributed by atoms with Crippen LogP contribution in [0.4, 0.5) is 4.39 Å². The van der Waals surface area contributed by atoms with E-state index in [9.17, 15) is 9.18 Å². The van der Waals surface area contributed by atoms with Gasteiger partial charge in [0.15, 0.2) is 5.78 Å². The van der Waals surface area contributed by atoms with Crippen LogP contribution in [-0.4, -0.2) is 12.9 Å². The Bertz CT molecular complexity index is 370. The largest absolute Gasteiger partial charge is 0.497 e. The molecule has 3 heteroatoms. The van der Waals surface area contributed by atoms with Gasteiger partial charge in [-0.2, -0.15) is 0 Å². The van der Waals surface area contributed by atoms with Crippen molar-refractivity contribution in [1.29, 1.82) is 0 Å². The summed E-state index contributed by atoms with van der Waals surface area (Å²) in [6.45, 7) is 1.73. The Morgan fingerprint density at radius 2 is 2.14 bits per heavy atom. The van der Waals surface area contributed by atoms with E-state index in [2.05, 4.69) is 0 Å². The molecule has 0 aliphatic carbocycles. The zero-order chi connectivity index (χ0) is 10.6. The standard InChI is InChI=1S/C11H11FO2/c1-3-4-11(13)8-5-9(12)7-10(6-8)14-2/h3-7H,1-2H3/b4-3+. The van der Waals surface area contributed by atoms with E-state index >= 15 is 0 Å². The van der Waals surface area contributed by atoms with Gasteiger partial charge in [0.1, 0.15) is 11.6 Å². The SMILES string of the molecule is C/C=C/C(=O)c1cc(F)cc(OC)c1. The van der Waals surface area contributed by atoms with Gasteiger partial charge in [-0.1, -0.05) is 6.08 Å². The molecule has 0 aliphatic rings. The molecule has 0 heterocycles. The van der Waals surface area contributed by atoms with Crippen LogP contribution in [0.15, 0.2) is 30.4 Å². The first-order valence-electron chi connectivity index (χ1n) is 4.19. The first kappa shape index (κ1) is 10.4. The molecule has 14 heavy (non-hydrogen) atoms. The number of allylic oxidation sites excluding steroid dienone is 2. The number of rotatable bonds is 3. The van der Waals surface area contributed by atoms with Gasteiger partial charge in [-0.3, -0.25) is 4.79 Å². The summed E-state index contributed by atoms with van der Waals surface area (Å²) in [6, 6.07) is 3.92. The van der Waals surface area contributed by atoms with Crippen molar-refractivity contribution in [3.8, 4) is 5.75 Å². The van der Waals surface area contributed by atoms with Crippen LogP contribution in [0.2, 0.25) is 0 Å². The Morgan fingerprint density at radius 1 is 1.43 bits per heavy atom. The van der Waals surface area contributed by atoms with E-state index in [1.165, 1.54) is 31.4 Å². The molecule has 0 bridgehead atoms. The van der Waals surface area contributed by atoms with Gasteiger partial charge in [-0.15, -0.1) is 0 Å². The first-order chi connectivity index (χ1) is 6.67. The van der Waals surface area contributed by atoms with E-state index in [0.29, 0.717) is 11.3 Å². The molecule has 0 spiro atoms. The maximum absolute atomic E-state index is 13.0. The average molecular weight is 194 g/mol. The van der Waals surface area contributed by atoms with E-state index in [4.69, 9.17) is 4.74 Å². The van der Waals surface area contributed by atoms with Crippen molar-refractivity contribution in [2.75, 3.05) is 7.11 Å². The van der Waals surface area contributed by atoms with Crippen LogP contribution in [-0.2, 0) is 0 Å². The minimum Gasteiger partial charge on any atom is -0.497 e. The summed E-state index contributed by atoms with van der Waals surface area (Å²) >= 11 is 0. The molecule has 0 aliphatic heterocycles. The third kappa shape index (κ3) is 2.42. The Kier molecular flexibility index (Phi) is 3.40. The lowest BCUT2D eigenvalue weighted by Crippen LogP contribution is -1.96. The van der Waals surface area contributed by atoms with Gasteiger partial charge >= 0.3 is 0 Å². The minimum absolute atomic E-state index is 0.231. The highest BCUT2D eigenvalue weighted by Crippen LogP contribution is 2.16. The summed E-state index contributed by atoms with van der Waals surface area (Å²) in [5.41, 5.74) is 0.292. The highest BCUT2D eigenvalue weighted by molar-refractivity contribution is 6.04. The molecular weight excluding hydrogens is 183 g/mol. The lowest BCUT2D eigenvalue weighted by Gasteiger charge is -2.02. The predicted molar refractivity (Wildman–Crippen MR) is 52.1 cm³/mol. The second-order valence-corrected chi connectivity index (χ2v) is 2.74. The van der Waals surface area contributed by atoms with Crippen LogP contribution in [0.5, 0.6) is 5.75 Å². The number of halogens is 1. The predicted octanol–water partition coefficient (Wildman–Crippen LogP) is 2.59. The maximum atomic E-state index is 13.0. The smallest absolute Gasteiger partial charge is 0.185 e. The van der Waals surface area contributed by atoms with Crippen LogP contribution in [0, 0.1) is 5.82 Å². The topological polar surface area (TPSA) is 26.3 Å². The number of benzene rings is 1. The number of ether oxygens (including phenoxy) is 1. The fourth-order valence-electron chi connectivity index (χ4n) is 1.07. The van der Waals surface area contributed by atoms with E-state index in [1.54, 1.807) is 13.0 Å². The molecule has 0 radical (unpaired) electrons. The number of ketones is 1. The fourth-order valence-corrected chi connectivity index (χ4v) is 1.07. The van der Waals surface area contributed by atoms with Crippen LogP contribution >= 0.6 is 0 Å². The number of hydrogen-bond donors (Lipinski definition) is 0. The Morgan fingerprint density at radius 3 is 2.71 bits per heavy atom. The lowest BCUT2D eigenvalue weighted by molar-refractivity contribution is 0.104. The summed E-state index contributed by atoms with van der Waals surface area (Å²) in [7, 11) is 1.43. The van der Waals surface area contributed by atoms with E-state index in [-0.39, 0.29) is 5.78 Å². The van der Waals surface area contributed by atoms with E-state index in [1.807, 2.05) is 0 Å². The summed E-state index contributed by atoms with van der Waals surface area (Å²) in [5.74, 6) is -0.361. The third-order valence-electron chi connectivity index (χ3n) is 1.71. The van der Waals surface area contributed by atoms with Crippen LogP contribution in [0.25, 0.3) is 0 Å². The summed E-state index contributed by atoms with van der Waals surface area (Å²) in [6.07, 6.45) is 2.99. The van der Waals surface area contributed by atoms with Crippen molar-refractivity contribution in [3.63, 3.8) is 0 Å². The normalized spacial score (nSPS) is 10.5. The molecule has 0 unspecified atom stereocenters. The molecule has 1 aromatic rings. The van der Waals surface area contributed by atoms with Gasteiger partial charge in [0.2, 0.25) is 0 Å².